The summed E-state index contributed by atoms with van der Waals surface area (Å²) in [5.74, 6) is 0. The van der Waals surface area contributed by atoms with Crippen LogP contribution >= 0.6 is 0 Å². The summed E-state index contributed by atoms with van der Waals surface area (Å²) >= 11 is 0. The van der Waals surface area contributed by atoms with Crippen LogP contribution in [0.2, 0.25) is 0 Å². The van der Waals surface area contributed by atoms with Gasteiger partial charge in [0.25, 0.3) is 0 Å². The molecule has 0 bridgehead atoms. The maximum absolute atomic E-state index is 12.7. The molecule has 3 rings (SSSR count). The van der Waals surface area contributed by atoms with Gasteiger partial charge in [-0.05, 0) is 11.1 Å². The smallest absolute Gasteiger partial charge is 0.355 e. The van der Waals surface area contributed by atoms with Crippen LogP contribution in [0.25, 0.3) is 0 Å². The number of halogens is 6. The van der Waals surface area contributed by atoms with Gasteiger partial charge in [0, 0.05) is 13.1 Å². The van der Waals surface area contributed by atoms with Crippen molar-refractivity contribution in [2.75, 3.05) is 13.1 Å². The summed E-state index contributed by atoms with van der Waals surface area (Å²) in [4.78, 5) is 1.80. The van der Waals surface area contributed by atoms with E-state index in [1.807, 2.05) is 60.7 Å². The van der Waals surface area contributed by atoms with E-state index in [9.17, 15) is 26.3 Å². The van der Waals surface area contributed by atoms with Crippen LogP contribution in [-0.4, -0.2) is 42.5 Å². The topological polar surface area (TPSA) is 12.5 Å². The lowest BCUT2D eigenvalue weighted by atomic mass is 9.94. The molecule has 2 nitrogen and oxygen atoms in total. The molecule has 1 heterocycles. The quantitative estimate of drug-likeness (QED) is 0.670. The zero-order chi connectivity index (χ0) is 19.7. The molecule has 0 N–H and O–H groups in total. The minimum Gasteiger partial charge on any atom is -0.355 e. The number of nitrogens with zero attached hydrogens (tertiary/aromatic N) is 1. The normalized spacial score (nSPS) is 16.7. The highest BCUT2D eigenvalue weighted by Gasteiger charge is 2.59. The maximum atomic E-state index is 12.7. The molecule has 0 aliphatic carbocycles. The summed E-state index contributed by atoms with van der Waals surface area (Å²) in [6.07, 6.45) is -15.9. The number of alkyl halides is 6. The molecule has 0 amide bonds. The average molecular weight is 389 g/mol. The second kappa shape index (κ2) is 7.52. The molecule has 146 valence electrons. The van der Waals surface area contributed by atoms with Crippen molar-refractivity contribution in [2.24, 2.45) is 0 Å². The lowest BCUT2D eigenvalue weighted by molar-refractivity contribution is -0.338. The highest BCUT2D eigenvalue weighted by Crippen LogP contribution is 2.39. The number of hydrogen-bond acceptors (Lipinski definition) is 2. The Morgan fingerprint density at radius 3 is 1.52 bits per heavy atom. The Morgan fingerprint density at radius 1 is 0.741 bits per heavy atom. The number of rotatable bonds is 5. The van der Waals surface area contributed by atoms with Gasteiger partial charge in [0.15, 0.2) is 0 Å². The van der Waals surface area contributed by atoms with Crippen molar-refractivity contribution >= 4 is 0 Å². The molecular formula is C19H17F6NO. The number of likely N-dealkylation sites (tertiary alicyclic amines) is 1. The van der Waals surface area contributed by atoms with Crippen LogP contribution in [0.4, 0.5) is 26.3 Å². The largest absolute Gasteiger partial charge is 0.423 e. The van der Waals surface area contributed by atoms with Crippen molar-refractivity contribution in [3.63, 3.8) is 0 Å². The molecule has 2 aromatic rings. The van der Waals surface area contributed by atoms with Crippen molar-refractivity contribution in [1.82, 2.24) is 4.90 Å². The van der Waals surface area contributed by atoms with E-state index in [0.29, 0.717) is 0 Å². The minimum absolute atomic E-state index is 0.0168. The van der Waals surface area contributed by atoms with E-state index in [1.165, 1.54) is 0 Å². The van der Waals surface area contributed by atoms with Crippen molar-refractivity contribution in [3.8, 4) is 0 Å². The zero-order valence-corrected chi connectivity index (χ0v) is 14.0. The number of benzene rings is 2. The molecule has 0 aromatic heterocycles. The van der Waals surface area contributed by atoms with Crippen molar-refractivity contribution < 1.29 is 31.1 Å². The van der Waals surface area contributed by atoms with Gasteiger partial charge >= 0.3 is 12.4 Å². The molecule has 0 unspecified atom stereocenters. The van der Waals surface area contributed by atoms with E-state index in [-0.39, 0.29) is 19.1 Å². The molecule has 0 spiro atoms. The van der Waals surface area contributed by atoms with Crippen LogP contribution in [0, 0.1) is 0 Å². The SMILES string of the molecule is FC(F)(F)C(OC1CN(C(c2ccccc2)c2ccccc2)C1)C(F)(F)F. The second-order valence-electron chi connectivity index (χ2n) is 6.40. The van der Waals surface area contributed by atoms with E-state index in [4.69, 9.17) is 0 Å². The van der Waals surface area contributed by atoms with Gasteiger partial charge in [-0.1, -0.05) is 60.7 Å². The first-order valence-corrected chi connectivity index (χ1v) is 8.29. The van der Waals surface area contributed by atoms with Gasteiger partial charge in [0.2, 0.25) is 6.10 Å². The van der Waals surface area contributed by atoms with E-state index in [0.717, 1.165) is 11.1 Å². The van der Waals surface area contributed by atoms with Gasteiger partial charge in [-0.2, -0.15) is 26.3 Å². The molecule has 27 heavy (non-hydrogen) atoms. The van der Waals surface area contributed by atoms with Gasteiger partial charge in [0.05, 0.1) is 12.1 Å². The first-order valence-electron chi connectivity index (χ1n) is 8.29. The van der Waals surface area contributed by atoms with Crippen LogP contribution in [0.3, 0.4) is 0 Å². The summed E-state index contributed by atoms with van der Waals surface area (Å²) in [6, 6.07) is 18.3. The summed E-state index contributed by atoms with van der Waals surface area (Å²) in [7, 11) is 0. The summed E-state index contributed by atoms with van der Waals surface area (Å²) < 4.78 is 80.4. The molecule has 8 heteroatoms. The third-order valence-corrected chi connectivity index (χ3v) is 4.40. The number of hydrogen-bond donors (Lipinski definition) is 0. The maximum Gasteiger partial charge on any atom is 0.423 e. The summed E-state index contributed by atoms with van der Waals surface area (Å²) in [5.41, 5.74) is 1.82. The molecule has 2 aromatic carbocycles. The Balaban J connectivity index is 1.73. The fourth-order valence-electron chi connectivity index (χ4n) is 3.18. The fourth-order valence-corrected chi connectivity index (χ4v) is 3.18. The lowest BCUT2D eigenvalue weighted by Gasteiger charge is -2.45. The van der Waals surface area contributed by atoms with Crippen LogP contribution < -0.4 is 0 Å². The Kier molecular flexibility index (Phi) is 5.48. The van der Waals surface area contributed by atoms with Crippen LogP contribution in [0.1, 0.15) is 17.2 Å². The van der Waals surface area contributed by atoms with E-state index in [1.54, 1.807) is 4.90 Å². The number of ether oxygens (including phenoxy) is 1. The Morgan fingerprint density at radius 2 is 1.15 bits per heavy atom. The van der Waals surface area contributed by atoms with E-state index >= 15 is 0 Å². The molecule has 0 radical (unpaired) electrons. The van der Waals surface area contributed by atoms with Crippen LogP contribution in [-0.2, 0) is 4.74 Å². The predicted molar refractivity (Wildman–Crippen MR) is 87.1 cm³/mol. The van der Waals surface area contributed by atoms with Crippen molar-refractivity contribution in [2.45, 2.75) is 30.6 Å². The minimum atomic E-state index is -5.49. The van der Waals surface area contributed by atoms with Gasteiger partial charge < -0.3 is 4.74 Å². The van der Waals surface area contributed by atoms with Crippen LogP contribution in [0.5, 0.6) is 0 Å². The average Bonchev–Trinajstić information content (AvgIpc) is 2.56. The van der Waals surface area contributed by atoms with Gasteiger partial charge in [0.1, 0.15) is 0 Å². The molecule has 1 fully saturated rings. The van der Waals surface area contributed by atoms with Crippen molar-refractivity contribution in [3.05, 3.63) is 71.8 Å². The Hall–Kier alpha value is -2.06. The lowest BCUT2D eigenvalue weighted by Crippen LogP contribution is -2.58. The van der Waals surface area contributed by atoms with Gasteiger partial charge in [-0.3, -0.25) is 4.90 Å². The highest BCUT2D eigenvalue weighted by molar-refractivity contribution is 5.32. The summed E-state index contributed by atoms with van der Waals surface area (Å²) in [5, 5.41) is 0. The molecule has 0 saturated carbocycles. The third-order valence-electron chi connectivity index (χ3n) is 4.40. The molecule has 1 aliphatic heterocycles. The second-order valence-corrected chi connectivity index (χ2v) is 6.40. The fraction of sp³-hybridized carbons (Fsp3) is 0.368. The Labute approximate surface area is 152 Å². The first-order chi connectivity index (χ1) is 12.7. The van der Waals surface area contributed by atoms with E-state index < -0.39 is 24.6 Å². The zero-order valence-electron chi connectivity index (χ0n) is 14.0. The highest BCUT2D eigenvalue weighted by atomic mass is 19.4. The summed E-state index contributed by atoms with van der Waals surface area (Å²) in [6.45, 7) is -0.0335. The monoisotopic (exact) mass is 389 g/mol. The van der Waals surface area contributed by atoms with Crippen LogP contribution in [0.15, 0.2) is 60.7 Å². The first kappa shape index (κ1) is 19.7. The molecular weight excluding hydrogens is 372 g/mol. The molecule has 0 atom stereocenters. The van der Waals surface area contributed by atoms with Gasteiger partial charge in [-0.25, -0.2) is 0 Å². The standard InChI is InChI=1S/C19H17F6NO/c20-18(21,22)17(19(23,24)25)27-15-11-26(12-15)16(13-7-3-1-4-8-13)14-9-5-2-6-10-14/h1-10,15-17H,11-12H2. The van der Waals surface area contributed by atoms with Crippen molar-refractivity contribution in [1.29, 1.82) is 0 Å². The molecule has 1 aliphatic rings. The molecule has 1 saturated heterocycles. The van der Waals surface area contributed by atoms with Gasteiger partial charge in [-0.15, -0.1) is 0 Å². The Bertz CT molecular complexity index is 672. The predicted octanol–water partition coefficient (Wildman–Crippen LogP) is 4.97. The van der Waals surface area contributed by atoms with E-state index in [2.05, 4.69) is 4.74 Å². The third kappa shape index (κ3) is 4.62.